The molecule has 0 radical (unpaired) electrons. The number of hydrogen-bond donors (Lipinski definition) is 2. The summed E-state index contributed by atoms with van der Waals surface area (Å²) in [5, 5.41) is 8.89. The van der Waals surface area contributed by atoms with Crippen LogP contribution in [-0.2, 0) is 15.0 Å². The van der Waals surface area contributed by atoms with Gasteiger partial charge in [-0.25, -0.2) is 4.72 Å². The number of nitrogens with zero attached hydrogens (tertiary/aromatic N) is 1. The monoisotopic (exact) mass is 222 g/mol. The van der Waals surface area contributed by atoms with Crippen molar-refractivity contribution in [2.45, 2.75) is 25.8 Å². The van der Waals surface area contributed by atoms with Crippen LogP contribution in [0.2, 0.25) is 0 Å². The van der Waals surface area contributed by atoms with Crippen molar-refractivity contribution in [2.24, 2.45) is 0 Å². The van der Waals surface area contributed by atoms with Gasteiger partial charge < -0.3 is 5.11 Å². The first kappa shape index (κ1) is 11.4. The Bertz CT molecular complexity index is 336. The number of carboxylic acid groups (broad SMARTS) is 1. The van der Waals surface area contributed by atoms with Crippen molar-refractivity contribution in [3.05, 3.63) is 0 Å². The molecule has 1 aliphatic rings. The van der Waals surface area contributed by atoms with E-state index in [0.717, 1.165) is 4.31 Å². The van der Waals surface area contributed by atoms with Gasteiger partial charge >= 0.3 is 5.97 Å². The Morgan fingerprint density at radius 3 is 2.50 bits per heavy atom. The fraction of sp³-hybridized carbons (Fsp3) is 0.857. The highest BCUT2D eigenvalue weighted by molar-refractivity contribution is 7.87. The molecule has 1 aliphatic heterocycles. The minimum Gasteiger partial charge on any atom is -0.480 e. The van der Waals surface area contributed by atoms with Gasteiger partial charge in [0.05, 0.1) is 0 Å². The first-order valence-corrected chi connectivity index (χ1v) is 5.73. The summed E-state index contributed by atoms with van der Waals surface area (Å²) in [4.78, 5) is 10.9. The fourth-order valence-corrected chi connectivity index (χ4v) is 2.92. The maximum atomic E-state index is 11.5. The molecule has 14 heavy (non-hydrogen) atoms. The predicted octanol–water partition coefficient (Wildman–Crippen LogP) is -0.610. The predicted molar refractivity (Wildman–Crippen MR) is 50.0 cm³/mol. The molecule has 0 spiro atoms. The van der Waals surface area contributed by atoms with Crippen LogP contribution in [0.3, 0.4) is 0 Å². The first-order valence-electron chi connectivity index (χ1n) is 4.29. The number of rotatable bonds is 2. The van der Waals surface area contributed by atoms with Crippen LogP contribution in [0.25, 0.3) is 0 Å². The smallest absolute Gasteiger partial charge is 0.324 e. The summed E-state index contributed by atoms with van der Waals surface area (Å²) in [6, 6.07) is 0. The number of hydrogen-bond acceptors (Lipinski definition) is 3. The molecule has 1 rings (SSSR count). The van der Waals surface area contributed by atoms with Gasteiger partial charge in [-0.1, -0.05) is 0 Å². The molecule has 0 aromatic rings. The third-order valence-corrected chi connectivity index (χ3v) is 4.05. The Morgan fingerprint density at radius 2 is 2.07 bits per heavy atom. The van der Waals surface area contributed by atoms with Crippen LogP contribution in [-0.4, -0.2) is 42.4 Å². The van der Waals surface area contributed by atoms with Crippen LogP contribution in [0.5, 0.6) is 0 Å². The van der Waals surface area contributed by atoms with Crippen molar-refractivity contribution in [1.82, 2.24) is 9.03 Å². The maximum Gasteiger partial charge on any atom is 0.324 e. The van der Waals surface area contributed by atoms with E-state index in [9.17, 15) is 13.2 Å². The second-order valence-electron chi connectivity index (χ2n) is 3.69. The molecule has 82 valence electrons. The first-order chi connectivity index (χ1) is 6.28. The van der Waals surface area contributed by atoms with E-state index in [2.05, 4.69) is 4.72 Å². The van der Waals surface area contributed by atoms with Gasteiger partial charge in [0.25, 0.3) is 10.2 Å². The number of nitrogens with one attached hydrogen (secondary N) is 1. The van der Waals surface area contributed by atoms with Crippen LogP contribution < -0.4 is 4.72 Å². The van der Waals surface area contributed by atoms with E-state index >= 15 is 0 Å². The average molecular weight is 222 g/mol. The highest BCUT2D eigenvalue weighted by Crippen LogP contribution is 2.20. The zero-order valence-corrected chi connectivity index (χ0v) is 8.97. The van der Waals surface area contributed by atoms with E-state index in [4.69, 9.17) is 5.11 Å². The molecule has 0 aromatic carbocycles. The Labute approximate surface area is 83.1 Å². The molecule has 0 aromatic heterocycles. The van der Waals surface area contributed by atoms with Gasteiger partial charge in [-0.15, -0.1) is 0 Å². The second-order valence-corrected chi connectivity index (χ2v) is 5.37. The molecule has 6 nitrogen and oxygen atoms in total. The van der Waals surface area contributed by atoms with E-state index < -0.39 is 21.7 Å². The van der Waals surface area contributed by atoms with Crippen molar-refractivity contribution in [2.75, 3.05) is 13.1 Å². The largest absolute Gasteiger partial charge is 0.480 e. The number of aliphatic carboxylic acids is 1. The Morgan fingerprint density at radius 1 is 1.50 bits per heavy atom. The minimum absolute atomic E-state index is 0.245. The molecule has 0 saturated carbocycles. The van der Waals surface area contributed by atoms with E-state index in [-0.39, 0.29) is 6.54 Å². The van der Waals surface area contributed by atoms with Crippen LogP contribution in [0.15, 0.2) is 0 Å². The summed E-state index contributed by atoms with van der Waals surface area (Å²) >= 11 is 0. The molecule has 1 saturated heterocycles. The maximum absolute atomic E-state index is 11.5. The van der Waals surface area contributed by atoms with E-state index in [0.29, 0.717) is 13.0 Å². The lowest BCUT2D eigenvalue weighted by atomic mass is 10.1. The number of carbonyl (C=O) groups is 1. The van der Waals surface area contributed by atoms with Gasteiger partial charge in [0.1, 0.15) is 5.54 Å². The molecule has 1 heterocycles. The van der Waals surface area contributed by atoms with Gasteiger partial charge in [0.2, 0.25) is 0 Å². The lowest BCUT2D eigenvalue weighted by Crippen LogP contribution is -2.59. The lowest BCUT2D eigenvalue weighted by molar-refractivity contribution is -0.146. The van der Waals surface area contributed by atoms with Crippen molar-refractivity contribution >= 4 is 16.2 Å². The summed E-state index contributed by atoms with van der Waals surface area (Å²) in [6.07, 6.45) is 0.621. The van der Waals surface area contributed by atoms with Gasteiger partial charge in [0.15, 0.2) is 0 Å². The minimum atomic E-state index is -3.62. The molecule has 0 aliphatic carbocycles. The molecular formula is C7H14N2O4S. The van der Waals surface area contributed by atoms with Crippen LogP contribution in [0, 0.1) is 0 Å². The van der Waals surface area contributed by atoms with Crippen molar-refractivity contribution < 1.29 is 18.3 Å². The summed E-state index contributed by atoms with van der Waals surface area (Å²) in [7, 11) is -3.62. The number of carboxylic acids is 1. The highest BCUT2D eigenvalue weighted by atomic mass is 32.2. The summed E-state index contributed by atoms with van der Waals surface area (Å²) in [5.74, 6) is -1.15. The molecule has 0 atom stereocenters. The Balaban J connectivity index is 3.01. The average Bonchev–Trinajstić information content (AvgIpc) is 2.02. The van der Waals surface area contributed by atoms with E-state index in [1.54, 1.807) is 0 Å². The van der Waals surface area contributed by atoms with Gasteiger partial charge in [-0.2, -0.15) is 12.7 Å². The topological polar surface area (TPSA) is 86.7 Å². The van der Waals surface area contributed by atoms with Crippen LogP contribution in [0.1, 0.15) is 20.3 Å². The molecule has 0 amide bonds. The van der Waals surface area contributed by atoms with Crippen molar-refractivity contribution in [3.63, 3.8) is 0 Å². The summed E-state index contributed by atoms with van der Waals surface area (Å²) in [5.41, 5.74) is -1.40. The van der Waals surface area contributed by atoms with Gasteiger partial charge in [0, 0.05) is 13.1 Å². The Kier molecular flexibility index (Phi) is 2.84. The lowest BCUT2D eigenvalue weighted by Gasteiger charge is -2.36. The molecular weight excluding hydrogens is 208 g/mol. The molecule has 7 heteroatoms. The molecule has 0 bridgehead atoms. The summed E-state index contributed by atoms with van der Waals surface area (Å²) in [6.45, 7) is 3.36. The molecule has 0 unspecified atom stereocenters. The van der Waals surface area contributed by atoms with Gasteiger partial charge in [-0.05, 0) is 20.3 Å². The zero-order valence-electron chi connectivity index (χ0n) is 8.15. The highest BCUT2D eigenvalue weighted by Gasteiger charge is 2.43. The van der Waals surface area contributed by atoms with E-state index in [1.807, 2.05) is 0 Å². The third kappa shape index (κ3) is 1.89. The van der Waals surface area contributed by atoms with E-state index in [1.165, 1.54) is 13.8 Å². The molecule has 1 fully saturated rings. The quantitative estimate of drug-likeness (QED) is 0.652. The summed E-state index contributed by atoms with van der Waals surface area (Å²) < 4.78 is 26.3. The van der Waals surface area contributed by atoms with Crippen LogP contribution in [0.4, 0.5) is 0 Å². The Hall–Kier alpha value is -0.660. The van der Waals surface area contributed by atoms with Gasteiger partial charge in [-0.3, -0.25) is 4.79 Å². The molecule has 2 N–H and O–H groups in total. The standard InChI is InChI=1S/C7H14N2O4S/c1-7(2,6(10)11)9-5-3-4-8-14(9,12)13/h8H,3-5H2,1-2H3,(H,10,11). The zero-order chi connectivity index (χ0) is 11.0. The van der Waals surface area contributed by atoms with Crippen LogP contribution >= 0.6 is 0 Å². The third-order valence-electron chi connectivity index (χ3n) is 2.26. The van der Waals surface area contributed by atoms with Crippen molar-refractivity contribution in [1.29, 1.82) is 0 Å². The fourth-order valence-electron chi connectivity index (χ4n) is 1.31. The normalized spacial score (nSPS) is 23.3. The van der Waals surface area contributed by atoms with Crippen molar-refractivity contribution in [3.8, 4) is 0 Å². The second kappa shape index (κ2) is 3.48. The SMILES string of the molecule is CC(C)(C(=O)O)N1CCCNS1(=O)=O.